The van der Waals surface area contributed by atoms with Gasteiger partial charge in [-0.15, -0.1) is 0 Å². The lowest BCUT2D eigenvalue weighted by atomic mass is 10.0. The van der Waals surface area contributed by atoms with Crippen molar-refractivity contribution in [1.29, 1.82) is 0 Å². The Bertz CT molecular complexity index is 903. The van der Waals surface area contributed by atoms with Crippen LogP contribution in [-0.4, -0.2) is 42.5 Å². The molecule has 0 aliphatic heterocycles. The Morgan fingerprint density at radius 3 is 2.15 bits per heavy atom. The third kappa shape index (κ3) is 6.98. The van der Waals surface area contributed by atoms with Gasteiger partial charge in [-0.3, -0.25) is 9.59 Å². The zero-order valence-corrected chi connectivity index (χ0v) is 20.2. The van der Waals surface area contributed by atoms with E-state index >= 15 is 0 Å². The van der Waals surface area contributed by atoms with E-state index in [1.807, 2.05) is 48.5 Å². The molecule has 1 saturated carbocycles. The molecule has 6 nitrogen and oxygen atoms in total. The predicted molar refractivity (Wildman–Crippen MR) is 129 cm³/mol. The highest BCUT2D eigenvalue weighted by molar-refractivity contribution is 5.88. The molecule has 2 aromatic rings. The fraction of sp³-hybridized carbons (Fsp3) is 0.481. The maximum absolute atomic E-state index is 13.2. The van der Waals surface area contributed by atoms with E-state index < -0.39 is 6.04 Å². The molecule has 0 unspecified atom stereocenters. The van der Waals surface area contributed by atoms with Crippen LogP contribution in [0.1, 0.15) is 63.5 Å². The van der Waals surface area contributed by atoms with Gasteiger partial charge in [0.2, 0.25) is 5.91 Å². The van der Waals surface area contributed by atoms with Gasteiger partial charge in [-0.1, -0.05) is 51.0 Å². The van der Waals surface area contributed by atoms with Gasteiger partial charge in [0.1, 0.15) is 17.5 Å². The van der Waals surface area contributed by atoms with Crippen LogP contribution in [0.5, 0.6) is 11.5 Å². The second-order valence-electron chi connectivity index (χ2n) is 9.05. The topological polar surface area (TPSA) is 67.9 Å². The Morgan fingerprint density at radius 2 is 1.58 bits per heavy atom. The molecule has 0 saturated heterocycles. The minimum atomic E-state index is -0.605. The molecule has 178 valence electrons. The molecule has 33 heavy (non-hydrogen) atoms. The summed E-state index contributed by atoms with van der Waals surface area (Å²) in [5.74, 6) is 1.47. The summed E-state index contributed by atoms with van der Waals surface area (Å²) >= 11 is 0. The molecule has 0 aromatic heterocycles. The second kappa shape index (κ2) is 11.7. The van der Waals surface area contributed by atoms with Crippen LogP contribution in [0.2, 0.25) is 0 Å². The van der Waals surface area contributed by atoms with Crippen molar-refractivity contribution in [2.24, 2.45) is 0 Å². The molecule has 0 heterocycles. The molecule has 6 heteroatoms. The summed E-state index contributed by atoms with van der Waals surface area (Å²) in [5.41, 5.74) is 2.14. The number of carbonyl (C=O) groups is 2. The van der Waals surface area contributed by atoms with Crippen LogP contribution in [0.15, 0.2) is 48.5 Å². The van der Waals surface area contributed by atoms with Crippen molar-refractivity contribution in [2.45, 2.75) is 71.0 Å². The van der Waals surface area contributed by atoms with E-state index in [1.54, 1.807) is 18.9 Å². The Hall–Kier alpha value is -3.02. The summed E-state index contributed by atoms with van der Waals surface area (Å²) in [7, 11) is 1.62. The zero-order chi connectivity index (χ0) is 23.8. The third-order valence-corrected chi connectivity index (χ3v) is 6.29. The zero-order valence-electron chi connectivity index (χ0n) is 20.2. The van der Waals surface area contributed by atoms with E-state index in [-0.39, 0.29) is 24.5 Å². The average Bonchev–Trinajstić information content (AvgIpc) is 3.34. The van der Waals surface area contributed by atoms with Gasteiger partial charge in [-0.2, -0.15) is 0 Å². The number of methoxy groups -OCH3 is 1. The lowest BCUT2D eigenvalue weighted by molar-refractivity contribution is -0.142. The van der Waals surface area contributed by atoms with Crippen molar-refractivity contribution in [2.75, 3.05) is 13.7 Å². The molecule has 0 radical (unpaired) electrons. The first-order chi connectivity index (χ1) is 15.9. The Labute approximate surface area is 197 Å². The molecule has 1 atom stereocenters. The number of amides is 2. The smallest absolute Gasteiger partial charge is 0.261 e. The van der Waals surface area contributed by atoms with E-state index in [0.29, 0.717) is 18.2 Å². The molecule has 0 bridgehead atoms. The predicted octanol–water partition coefficient (Wildman–Crippen LogP) is 4.67. The first-order valence-electron chi connectivity index (χ1n) is 11.8. The summed E-state index contributed by atoms with van der Waals surface area (Å²) in [4.78, 5) is 27.7. The molecule has 2 aromatic carbocycles. The average molecular weight is 453 g/mol. The van der Waals surface area contributed by atoms with E-state index in [1.165, 1.54) is 5.56 Å². The van der Waals surface area contributed by atoms with Crippen molar-refractivity contribution in [3.63, 3.8) is 0 Å². The van der Waals surface area contributed by atoms with Gasteiger partial charge in [0.05, 0.1) is 7.11 Å². The molecular formula is C27H36N2O4. The second-order valence-corrected chi connectivity index (χ2v) is 9.05. The molecule has 1 aliphatic rings. The summed E-state index contributed by atoms with van der Waals surface area (Å²) < 4.78 is 11.0. The van der Waals surface area contributed by atoms with Crippen molar-refractivity contribution >= 4 is 11.8 Å². The van der Waals surface area contributed by atoms with Crippen molar-refractivity contribution in [1.82, 2.24) is 10.2 Å². The molecule has 1 fully saturated rings. The van der Waals surface area contributed by atoms with Gasteiger partial charge >= 0.3 is 0 Å². The van der Waals surface area contributed by atoms with E-state index in [2.05, 4.69) is 19.2 Å². The van der Waals surface area contributed by atoms with Crippen molar-refractivity contribution in [3.8, 4) is 11.5 Å². The van der Waals surface area contributed by atoms with Crippen LogP contribution in [0.3, 0.4) is 0 Å². The Morgan fingerprint density at radius 1 is 0.970 bits per heavy atom. The first kappa shape index (κ1) is 24.6. The fourth-order valence-corrected chi connectivity index (χ4v) is 4.08. The van der Waals surface area contributed by atoms with E-state index in [0.717, 1.165) is 37.0 Å². The maximum Gasteiger partial charge on any atom is 0.261 e. The minimum Gasteiger partial charge on any atom is -0.497 e. The molecule has 0 spiro atoms. The molecule has 2 amide bonds. The lowest BCUT2D eigenvalue weighted by Gasteiger charge is -2.29. The van der Waals surface area contributed by atoms with Crippen molar-refractivity contribution < 1.29 is 19.1 Å². The third-order valence-electron chi connectivity index (χ3n) is 6.29. The number of benzene rings is 2. The quantitative estimate of drug-likeness (QED) is 0.569. The van der Waals surface area contributed by atoms with Crippen LogP contribution in [0.25, 0.3) is 0 Å². The van der Waals surface area contributed by atoms with E-state index in [9.17, 15) is 9.59 Å². The monoisotopic (exact) mass is 452 g/mol. The highest BCUT2D eigenvalue weighted by Gasteiger charge is 2.28. The van der Waals surface area contributed by atoms with Crippen LogP contribution in [0.4, 0.5) is 0 Å². The van der Waals surface area contributed by atoms with Crippen LogP contribution in [0, 0.1) is 0 Å². The number of rotatable bonds is 10. The number of nitrogens with one attached hydrogen (secondary N) is 1. The molecule has 1 N–H and O–H groups in total. The number of hydrogen-bond acceptors (Lipinski definition) is 4. The van der Waals surface area contributed by atoms with Gasteiger partial charge in [0.25, 0.3) is 5.91 Å². The summed E-state index contributed by atoms with van der Waals surface area (Å²) in [6, 6.07) is 14.9. The van der Waals surface area contributed by atoms with Gasteiger partial charge in [-0.25, -0.2) is 0 Å². The molecular weight excluding hydrogens is 416 g/mol. The number of ether oxygens (including phenoxy) is 2. The summed E-state index contributed by atoms with van der Waals surface area (Å²) in [6.07, 6.45) is 4.27. The minimum absolute atomic E-state index is 0.120. The number of hydrogen-bond donors (Lipinski definition) is 1. The van der Waals surface area contributed by atoms with Crippen LogP contribution >= 0.6 is 0 Å². The highest BCUT2D eigenvalue weighted by atomic mass is 16.5. The van der Waals surface area contributed by atoms with E-state index in [4.69, 9.17) is 9.47 Å². The van der Waals surface area contributed by atoms with Gasteiger partial charge in [0, 0.05) is 12.6 Å². The normalized spacial score (nSPS) is 14.7. The fourth-order valence-electron chi connectivity index (χ4n) is 4.08. The number of carbonyl (C=O) groups excluding carboxylic acids is 2. The largest absolute Gasteiger partial charge is 0.497 e. The molecule has 3 rings (SSSR count). The lowest BCUT2D eigenvalue weighted by Crippen LogP contribution is -2.50. The SMILES string of the molecule is COc1ccc(CN(C(=O)COc2ccc(C(C)C)cc2)[C@H](C)C(=O)NC2CCCC2)cc1. The Kier molecular flexibility index (Phi) is 8.75. The van der Waals surface area contributed by atoms with Crippen LogP contribution in [-0.2, 0) is 16.1 Å². The molecule has 1 aliphatic carbocycles. The number of nitrogens with zero attached hydrogens (tertiary/aromatic N) is 1. The summed E-state index contributed by atoms with van der Waals surface area (Å²) in [5, 5.41) is 3.11. The Balaban J connectivity index is 1.69. The highest BCUT2D eigenvalue weighted by Crippen LogP contribution is 2.21. The van der Waals surface area contributed by atoms with Crippen LogP contribution < -0.4 is 14.8 Å². The maximum atomic E-state index is 13.2. The first-order valence-corrected chi connectivity index (χ1v) is 11.8. The van der Waals surface area contributed by atoms with Gasteiger partial charge in [0.15, 0.2) is 6.61 Å². The van der Waals surface area contributed by atoms with Crippen molar-refractivity contribution in [3.05, 3.63) is 59.7 Å². The summed E-state index contributed by atoms with van der Waals surface area (Å²) in [6.45, 7) is 6.24. The standard InChI is InChI=1S/C27H36N2O4/c1-19(2)22-11-15-25(16-12-22)33-18-26(30)29(17-21-9-13-24(32-4)14-10-21)20(3)27(31)28-23-7-5-6-8-23/h9-16,19-20,23H,5-8,17-18H2,1-4H3,(H,28,31)/t20-/m1/s1. The van der Waals surface area contributed by atoms with Gasteiger partial charge < -0.3 is 19.7 Å². The van der Waals surface area contributed by atoms with Gasteiger partial charge in [-0.05, 0) is 61.1 Å².